The van der Waals surface area contributed by atoms with Gasteiger partial charge < -0.3 is 15.0 Å². The maximum atomic E-state index is 5.60. The van der Waals surface area contributed by atoms with Crippen molar-refractivity contribution in [3.05, 3.63) is 41.5 Å². The summed E-state index contributed by atoms with van der Waals surface area (Å²) in [5.74, 6) is 1.98. The van der Waals surface area contributed by atoms with Crippen LogP contribution in [-0.4, -0.2) is 16.7 Å². The lowest BCUT2D eigenvalue weighted by Crippen LogP contribution is -2.03. The maximum Gasteiger partial charge on any atom is 0.264 e. The largest absolute Gasteiger partial charge is 0.484 e. The number of nitrogens with zero attached hydrogens (tertiary/aromatic N) is 2. The van der Waals surface area contributed by atoms with Crippen molar-refractivity contribution in [3.63, 3.8) is 0 Å². The van der Waals surface area contributed by atoms with E-state index in [0.717, 1.165) is 24.2 Å². The standard InChI is InChI=1S/C13H17N3O2/c1-2-12-15-13(18-16-12)9-17-11-5-3-4-10(8-11)6-7-14/h3-5,8H,2,6-7,9,14H2,1H3. The molecule has 0 fully saturated rings. The Bertz CT molecular complexity index is 496. The van der Waals surface area contributed by atoms with E-state index in [9.17, 15) is 0 Å². The summed E-state index contributed by atoms with van der Waals surface area (Å²) in [4.78, 5) is 4.18. The zero-order valence-corrected chi connectivity index (χ0v) is 10.4. The number of rotatable bonds is 6. The molecule has 1 heterocycles. The summed E-state index contributed by atoms with van der Waals surface area (Å²) in [5.41, 5.74) is 6.68. The second kappa shape index (κ2) is 6.16. The first kappa shape index (κ1) is 12.6. The molecule has 0 radical (unpaired) electrons. The lowest BCUT2D eigenvalue weighted by molar-refractivity contribution is 0.242. The molecule has 0 spiro atoms. The molecule has 1 aromatic heterocycles. The number of hydrogen-bond donors (Lipinski definition) is 1. The minimum Gasteiger partial charge on any atom is -0.484 e. The highest BCUT2D eigenvalue weighted by Gasteiger charge is 2.05. The Morgan fingerprint density at radius 1 is 1.39 bits per heavy atom. The van der Waals surface area contributed by atoms with Crippen LogP contribution in [0, 0.1) is 0 Å². The highest BCUT2D eigenvalue weighted by Crippen LogP contribution is 2.15. The summed E-state index contributed by atoms with van der Waals surface area (Å²) in [5, 5.41) is 3.81. The third kappa shape index (κ3) is 3.30. The molecule has 1 aromatic carbocycles. The van der Waals surface area contributed by atoms with Gasteiger partial charge in [0.2, 0.25) is 0 Å². The van der Waals surface area contributed by atoms with Gasteiger partial charge in [-0.25, -0.2) is 0 Å². The van der Waals surface area contributed by atoms with E-state index in [0.29, 0.717) is 24.9 Å². The predicted molar refractivity (Wildman–Crippen MR) is 67.2 cm³/mol. The van der Waals surface area contributed by atoms with E-state index in [1.165, 1.54) is 0 Å². The molecule has 96 valence electrons. The second-order valence-electron chi connectivity index (χ2n) is 3.93. The molecule has 0 aliphatic heterocycles. The van der Waals surface area contributed by atoms with E-state index < -0.39 is 0 Å². The molecular formula is C13H17N3O2. The van der Waals surface area contributed by atoms with Gasteiger partial charge in [-0.05, 0) is 30.7 Å². The fourth-order valence-corrected chi connectivity index (χ4v) is 1.59. The lowest BCUT2D eigenvalue weighted by Gasteiger charge is -2.05. The zero-order valence-electron chi connectivity index (χ0n) is 10.4. The van der Waals surface area contributed by atoms with Gasteiger partial charge in [0.05, 0.1) is 0 Å². The smallest absolute Gasteiger partial charge is 0.264 e. The normalized spacial score (nSPS) is 10.6. The molecule has 0 aliphatic carbocycles. The van der Waals surface area contributed by atoms with Crippen molar-refractivity contribution in [2.75, 3.05) is 6.54 Å². The van der Waals surface area contributed by atoms with Crippen LogP contribution in [0.2, 0.25) is 0 Å². The van der Waals surface area contributed by atoms with Crippen LogP contribution < -0.4 is 10.5 Å². The number of ether oxygens (including phenoxy) is 1. The van der Waals surface area contributed by atoms with E-state index in [1.54, 1.807) is 0 Å². The van der Waals surface area contributed by atoms with Crippen molar-refractivity contribution in [1.29, 1.82) is 0 Å². The highest BCUT2D eigenvalue weighted by molar-refractivity contribution is 5.28. The van der Waals surface area contributed by atoms with E-state index in [2.05, 4.69) is 10.1 Å². The van der Waals surface area contributed by atoms with Crippen LogP contribution in [0.1, 0.15) is 24.2 Å². The quantitative estimate of drug-likeness (QED) is 0.841. The Balaban J connectivity index is 1.94. The molecule has 2 N–H and O–H groups in total. The Morgan fingerprint density at radius 3 is 3.00 bits per heavy atom. The third-order valence-electron chi connectivity index (χ3n) is 2.52. The van der Waals surface area contributed by atoms with Gasteiger partial charge in [-0.15, -0.1) is 0 Å². The van der Waals surface area contributed by atoms with Crippen LogP contribution in [-0.2, 0) is 19.4 Å². The minimum atomic E-state index is 0.291. The molecule has 5 nitrogen and oxygen atoms in total. The first-order valence-corrected chi connectivity index (χ1v) is 6.05. The van der Waals surface area contributed by atoms with Gasteiger partial charge in [-0.2, -0.15) is 4.98 Å². The van der Waals surface area contributed by atoms with Gasteiger partial charge in [-0.3, -0.25) is 0 Å². The number of aryl methyl sites for hydroxylation is 1. The Morgan fingerprint density at radius 2 is 2.28 bits per heavy atom. The molecule has 0 atom stereocenters. The van der Waals surface area contributed by atoms with Crippen molar-refractivity contribution < 1.29 is 9.26 Å². The second-order valence-corrected chi connectivity index (χ2v) is 3.93. The van der Waals surface area contributed by atoms with Crippen LogP contribution in [0.25, 0.3) is 0 Å². The summed E-state index contributed by atoms with van der Waals surface area (Å²) >= 11 is 0. The number of aromatic nitrogens is 2. The van der Waals surface area contributed by atoms with E-state index in [1.807, 2.05) is 31.2 Å². The van der Waals surface area contributed by atoms with Crippen molar-refractivity contribution in [2.45, 2.75) is 26.4 Å². The monoisotopic (exact) mass is 247 g/mol. The molecule has 0 aliphatic rings. The summed E-state index contributed by atoms with van der Waals surface area (Å²) in [6, 6.07) is 7.86. The summed E-state index contributed by atoms with van der Waals surface area (Å²) < 4.78 is 10.6. The molecule has 5 heteroatoms. The van der Waals surface area contributed by atoms with E-state index in [4.69, 9.17) is 15.0 Å². The molecule has 0 saturated carbocycles. The Hall–Kier alpha value is -1.88. The predicted octanol–water partition coefficient (Wildman–Crippen LogP) is 1.71. The van der Waals surface area contributed by atoms with Crippen LogP contribution in [0.4, 0.5) is 0 Å². The van der Waals surface area contributed by atoms with Crippen molar-refractivity contribution >= 4 is 0 Å². The third-order valence-corrected chi connectivity index (χ3v) is 2.52. The molecule has 2 aromatic rings. The van der Waals surface area contributed by atoms with Gasteiger partial charge >= 0.3 is 0 Å². The van der Waals surface area contributed by atoms with Gasteiger partial charge in [-0.1, -0.05) is 24.2 Å². The van der Waals surface area contributed by atoms with Crippen LogP contribution in [0.15, 0.2) is 28.8 Å². The average Bonchev–Trinajstić information content (AvgIpc) is 2.85. The fraction of sp³-hybridized carbons (Fsp3) is 0.385. The molecular weight excluding hydrogens is 230 g/mol. The van der Waals surface area contributed by atoms with Crippen molar-refractivity contribution in [2.24, 2.45) is 5.73 Å². The highest BCUT2D eigenvalue weighted by atomic mass is 16.5. The van der Waals surface area contributed by atoms with E-state index >= 15 is 0 Å². The maximum absolute atomic E-state index is 5.60. The lowest BCUT2D eigenvalue weighted by atomic mass is 10.1. The summed E-state index contributed by atoms with van der Waals surface area (Å²) in [6.07, 6.45) is 1.60. The van der Waals surface area contributed by atoms with E-state index in [-0.39, 0.29) is 0 Å². The van der Waals surface area contributed by atoms with Crippen molar-refractivity contribution in [3.8, 4) is 5.75 Å². The SMILES string of the molecule is CCc1noc(COc2cccc(CCN)c2)n1. The zero-order chi connectivity index (χ0) is 12.8. The molecule has 0 unspecified atom stereocenters. The average molecular weight is 247 g/mol. The Kier molecular flexibility index (Phi) is 4.30. The molecule has 2 rings (SSSR count). The van der Waals surface area contributed by atoms with Crippen LogP contribution >= 0.6 is 0 Å². The number of nitrogens with two attached hydrogens (primary N) is 1. The topological polar surface area (TPSA) is 74.2 Å². The molecule has 0 bridgehead atoms. The number of benzene rings is 1. The first-order valence-electron chi connectivity index (χ1n) is 6.05. The van der Waals surface area contributed by atoms with Crippen LogP contribution in [0.3, 0.4) is 0 Å². The van der Waals surface area contributed by atoms with Crippen LogP contribution in [0.5, 0.6) is 5.75 Å². The van der Waals surface area contributed by atoms with Gasteiger partial charge in [0, 0.05) is 6.42 Å². The number of hydrogen-bond acceptors (Lipinski definition) is 5. The molecule has 0 amide bonds. The van der Waals surface area contributed by atoms with Gasteiger partial charge in [0.25, 0.3) is 5.89 Å². The summed E-state index contributed by atoms with van der Waals surface area (Å²) in [6.45, 7) is 2.90. The molecule has 18 heavy (non-hydrogen) atoms. The summed E-state index contributed by atoms with van der Waals surface area (Å²) in [7, 11) is 0. The van der Waals surface area contributed by atoms with Gasteiger partial charge in [0.15, 0.2) is 12.4 Å². The first-order chi connectivity index (χ1) is 8.81. The molecule has 0 saturated heterocycles. The Labute approximate surface area is 106 Å². The fourth-order valence-electron chi connectivity index (χ4n) is 1.59. The van der Waals surface area contributed by atoms with Gasteiger partial charge in [0.1, 0.15) is 5.75 Å². The minimum absolute atomic E-state index is 0.291. The van der Waals surface area contributed by atoms with Crippen molar-refractivity contribution in [1.82, 2.24) is 10.1 Å².